The highest BCUT2D eigenvalue weighted by Gasteiger charge is 2.17. The van der Waals surface area contributed by atoms with Crippen molar-refractivity contribution in [2.75, 3.05) is 11.9 Å². The summed E-state index contributed by atoms with van der Waals surface area (Å²) in [6.45, 7) is 3.49. The van der Waals surface area contributed by atoms with Gasteiger partial charge in [0.25, 0.3) is 0 Å². The molecule has 1 nitrogen and oxygen atoms in total. The lowest BCUT2D eigenvalue weighted by Gasteiger charge is -2.27. The molecule has 0 amide bonds. The van der Waals surface area contributed by atoms with E-state index in [1.807, 2.05) is 0 Å². The van der Waals surface area contributed by atoms with Gasteiger partial charge in [-0.2, -0.15) is 0 Å². The van der Waals surface area contributed by atoms with Crippen molar-refractivity contribution >= 4 is 15.9 Å². The van der Waals surface area contributed by atoms with E-state index in [-0.39, 0.29) is 0 Å². The molecule has 1 saturated carbocycles. The summed E-state index contributed by atoms with van der Waals surface area (Å²) >= 11 is 3.43. The van der Waals surface area contributed by atoms with Crippen molar-refractivity contribution in [1.29, 1.82) is 0 Å². The smallest absolute Gasteiger partial charge is 0.0157 e. The maximum atomic E-state index is 3.55. The second-order valence-corrected chi connectivity index (χ2v) is 4.40. The molecule has 1 N–H and O–H groups in total. The van der Waals surface area contributed by atoms with Gasteiger partial charge in [0.05, 0.1) is 0 Å². The number of halogens is 1. The first-order chi connectivity index (χ1) is 5.33. The topological polar surface area (TPSA) is 12.0 Å². The number of nitrogens with one attached hydrogen (secondary N) is 1. The standard InChI is InChI=1S/C9H18BrN/c1-8-3-2-4-9(7-8)11-6-5-10/h8-9,11H,2-7H2,1H3. The van der Waals surface area contributed by atoms with Crippen LogP contribution in [-0.2, 0) is 0 Å². The zero-order valence-corrected chi connectivity index (χ0v) is 8.86. The lowest BCUT2D eigenvalue weighted by molar-refractivity contribution is 0.306. The monoisotopic (exact) mass is 219 g/mol. The van der Waals surface area contributed by atoms with Crippen LogP contribution in [0.4, 0.5) is 0 Å². The molecule has 1 aliphatic rings. The summed E-state index contributed by atoms with van der Waals surface area (Å²) in [5.41, 5.74) is 0. The Morgan fingerprint density at radius 1 is 1.45 bits per heavy atom. The Hall–Kier alpha value is 0.440. The molecular formula is C9H18BrN. The first-order valence-electron chi connectivity index (χ1n) is 4.62. The Balaban J connectivity index is 2.12. The second-order valence-electron chi connectivity index (χ2n) is 3.61. The quantitative estimate of drug-likeness (QED) is 0.720. The van der Waals surface area contributed by atoms with E-state index >= 15 is 0 Å². The summed E-state index contributed by atoms with van der Waals surface area (Å²) in [7, 11) is 0. The van der Waals surface area contributed by atoms with Crippen molar-refractivity contribution in [2.45, 2.75) is 38.6 Å². The highest BCUT2D eigenvalue weighted by Crippen LogP contribution is 2.23. The summed E-state index contributed by atoms with van der Waals surface area (Å²) in [6.07, 6.45) is 5.62. The minimum atomic E-state index is 0.802. The van der Waals surface area contributed by atoms with Crippen molar-refractivity contribution in [2.24, 2.45) is 5.92 Å². The highest BCUT2D eigenvalue weighted by atomic mass is 79.9. The van der Waals surface area contributed by atoms with Crippen molar-refractivity contribution in [3.63, 3.8) is 0 Å². The van der Waals surface area contributed by atoms with Crippen molar-refractivity contribution in [3.05, 3.63) is 0 Å². The fourth-order valence-corrected chi connectivity index (χ4v) is 2.11. The van der Waals surface area contributed by atoms with Gasteiger partial charge in [0.1, 0.15) is 0 Å². The van der Waals surface area contributed by atoms with E-state index in [0.29, 0.717) is 0 Å². The molecule has 11 heavy (non-hydrogen) atoms. The molecule has 0 heterocycles. The Kier molecular flexibility index (Phi) is 4.46. The summed E-state index contributed by atoms with van der Waals surface area (Å²) < 4.78 is 0. The molecule has 2 heteroatoms. The minimum absolute atomic E-state index is 0.802. The third kappa shape index (κ3) is 3.57. The third-order valence-electron chi connectivity index (χ3n) is 2.46. The van der Waals surface area contributed by atoms with Gasteiger partial charge in [0.2, 0.25) is 0 Å². The Labute approximate surface area is 78.1 Å². The maximum Gasteiger partial charge on any atom is 0.0157 e. The van der Waals surface area contributed by atoms with E-state index in [0.717, 1.165) is 23.8 Å². The summed E-state index contributed by atoms with van der Waals surface area (Å²) in [6, 6.07) is 0.802. The van der Waals surface area contributed by atoms with E-state index in [9.17, 15) is 0 Å². The van der Waals surface area contributed by atoms with Gasteiger partial charge in [-0.05, 0) is 18.8 Å². The van der Waals surface area contributed by atoms with Crippen molar-refractivity contribution in [3.8, 4) is 0 Å². The molecule has 0 bridgehead atoms. The van der Waals surface area contributed by atoms with Gasteiger partial charge in [-0.25, -0.2) is 0 Å². The number of hydrogen-bond donors (Lipinski definition) is 1. The fraction of sp³-hybridized carbons (Fsp3) is 1.00. The number of alkyl halides is 1. The normalized spacial score (nSPS) is 32.2. The Bertz CT molecular complexity index is 106. The summed E-state index contributed by atoms with van der Waals surface area (Å²) in [4.78, 5) is 0. The van der Waals surface area contributed by atoms with E-state index < -0.39 is 0 Å². The lowest BCUT2D eigenvalue weighted by atomic mass is 9.87. The molecule has 1 rings (SSSR count). The second kappa shape index (κ2) is 5.15. The maximum absolute atomic E-state index is 3.55. The van der Waals surface area contributed by atoms with Crippen LogP contribution in [0.15, 0.2) is 0 Å². The summed E-state index contributed by atoms with van der Waals surface area (Å²) in [5.74, 6) is 0.941. The molecule has 0 radical (unpaired) electrons. The molecule has 2 atom stereocenters. The molecule has 0 aromatic carbocycles. The van der Waals surface area contributed by atoms with Gasteiger partial charge in [0.15, 0.2) is 0 Å². The fourth-order valence-electron chi connectivity index (χ4n) is 1.88. The largest absolute Gasteiger partial charge is 0.313 e. The zero-order chi connectivity index (χ0) is 8.10. The van der Waals surface area contributed by atoms with Crippen molar-refractivity contribution in [1.82, 2.24) is 5.32 Å². The predicted molar refractivity (Wildman–Crippen MR) is 53.2 cm³/mol. The Morgan fingerprint density at radius 2 is 2.27 bits per heavy atom. The van der Waals surface area contributed by atoms with Crippen LogP contribution in [0.3, 0.4) is 0 Å². The molecule has 1 fully saturated rings. The van der Waals surface area contributed by atoms with Gasteiger partial charge in [-0.3, -0.25) is 0 Å². The first-order valence-corrected chi connectivity index (χ1v) is 5.74. The van der Waals surface area contributed by atoms with E-state index in [4.69, 9.17) is 0 Å². The molecule has 0 aliphatic heterocycles. The lowest BCUT2D eigenvalue weighted by Crippen LogP contribution is -2.34. The van der Waals surface area contributed by atoms with Crippen molar-refractivity contribution < 1.29 is 0 Å². The predicted octanol–water partition coefficient (Wildman–Crippen LogP) is 2.55. The Morgan fingerprint density at radius 3 is 2.91 bits per heavy atom. The number of rotatable bonds is 3. The van der Waals surface area contributed by atoms with Gasteiger partial charge in [-0.1, -0.05) is 35.7 Å². The van der Waals surface area contributed by atoms with E-state index in [2.05, 4.69) is 28.2 Å². The highest BCUT2D eigenvalue weighted by molar-refractivity contribution is 9.09. The average Bonchev–Trinajstić information content (AvgIpc) is 2.01. The first kappa shape index (κ1) is 9.53. The molecular weight excluding hydrogens is 202 g/mol. The van der Waals surface area contributed by atoms with E-state index in [1.54, 1.807) is 0 Å². The van der Waals surface area contributed by atoms with Crippen LogP contribution in [0.2, 0.25) is 0 Å². The number of hydrogen-bond acceptors (Lipinski definition) is 1. The molecule has 66 valence electrons. The van der Waals surface area contributed by atoms with Crippen LogP contribution in [0, 0.1) is 5.92 Å². The van der Waals surface area contributed by atoms with Crippen LogP contribution in [0.25, 0.3) is 0 Å². The van der Waals surface area contributed by atoms with Crippen LogP contribution < -0.4 is 5.32 Å². The van der Waals surface area contributed by atoms with Crippen LogP contribution in [0.1, 0.15) is 32.6 Å². The molecule has 0 aromatic rings. The van der Waals surface area contributed by atoms with Gasteiger partial charge >= 0.3 is 0 Å². The van der Waals surface area contributed by atoms with Gasteiger partial charge in [0, 0.05) is 17.9 Å². The van der Waals surface area contributed by atoms with Crippen LogP contribution in [-0.4, -0.2) is 17.9 Å². The van der Waals surface area contributed by atoms with Crippen LogP contribution in [0.5, 0.6) is 0 Å². The third-order valence-corrected chi connectivity index (χ3v) is 2.86. The summed E-state index contributed by atoms with van der Waals surface area (Å²) in [5, 5.41) is 4.64. The van der Waals surface area contributed by atoms with Gasteiger partial charge < -0.3 is 5.32 Å². The molecule has 0 spiro atoms. The average molecular weight is 220 g/mol. The molecule has 0 aromatic heterocycles. The van der Waals surface area contributed by atoms with Crippen LogP contribution >= 0.6 is 15.9 Å². The van der Waals surface area contributed by atoms with Gasteiger partial charge in [-0.15, -0.1) is 0 Å². The molecule has 1 aliphatic carbocycles. The minimum Gasteiger partial charge on any atom is -0.313 e. The molecule has 0 saturated heterocycles. The van der Waals surface area contributed by atoms with E-state index in [1.165, 1.54) is 25.7 Å². The SMILES string of the molecule is CC1CCCC(NCCBr)C1. The zero-order valence-electron chi connectivity index (χ0n) is 7.28. The molecule has 2 unspecified atom stereocenters.